The Kier molecular flexibility index (Phi) is 3.72. The molecule has 0 heterocycles. The highest BCUT2D eigenvalue weighted by Gasteiger charge is 2.26. The summed E-state index contributed by atoms with van der Waals surface area (Å²) >= 11 is 0. The van der Waals surface area contributed by atoms with Crippen molar-refractivity contribution in [2.24, 2.45) is 11.7 Å². The van der Waals surface area contributed by atoms with Gasteiger partial charge in [-0.3, -0.25) is 0 Å². The van der Waals surface area contributed by atoms with Crippen LogP contribution in [0.4, 0.5) is 0 Å². The third kappa shape index (κ3) is 3.01. The van der Waals surface area contributed by atoms with Gasteiger partial charge in [0.15, 0.2) is 0 Å². The van der Waals surface area contributed by atoms with Gasteiger partial charge < -0.3 is 10.5 Å². The van der Waals surface area contributed by atoms with E-state index in [0.29, 0.717) is 5.92 Å². The largest absolute Gasteiger partial charge is 0.496 e. The monoisotopic (exact) mass is 233 g/mol. The Labute approximate surface area is 104 Å². The van der Waals surface area contributed by atoms with Gasteiger partial charge in [-0.2, -0.15) is 0 Å². The molecular formula is C15H23NO. The minimum atomic E-state index is 0.121. The van der Waals surface area contributed by atoms with Crippen LogP contribution in [0.1, 0.15) is 56.2 Å². The second-order valence-corrected chi connectivity index (χ2v) is 5.44. The van der Waals surface area contributed by atoms with Crippen LogP contribution < -0.4 is 10.5 Å². The zero-order valence-electron chi connectivity index (χ0n) is 11.1. The maximum absolute atomic E-state index is 6.30. The van der Waals surface area contributed by atoms with E-state index in [2.05, 4.69) is 32.0 Å². The van der Waals surface area contributed by atoms with E-state index in [-0.39, 0.29) is 6.04 Å². The second kappa shape index (κ2) is 5.09. The summed E-state index contributed by atoms with van der Waals surface area (Å²) in [4.78, 5) is 0. The number of hydrogen-bond acceptors (Lipinski definition) is 2. The SMILES string of the molecule is COc1ccc(C(C)C)cc1[C@@H](N)CC1CC1. The lowest BCUT2D eigenvalue weighted by molar-refractivity contribution is 0.402. The molecule has 1 aromatic carbocycles. The fourth-order valence-corrected chi connectivity index (χ4v) is 2.24. The third-order valence-electron chi connectivity index (χ3n) is 3.60. The Morgan fingerprint density at radius 2 is 2.06 bits per heavy atom. The highest BCUT2D eigenvalue weighted by atomic mass is 16.5. The molecule has 0 aliphatic heterocycles. The first-order valence-electron chi connectivity index (χ1n) is 6.55. The Hall–Kier alpha value is -1.02. The molecule has 94 valence electrons. The van der Waals surface area contributed by atoms with Crippen LogP contribution in [-0.4, -0.2) is 7.11 Å². The van der Waals surface area contributed by atoms with Crippen molar-refractivity contribution in [3.63, 3.8) is 0 Å². The summed E-state index contributed by atoms with van der Waals surface area (Å²) in [5.74, 6) is 2.31. The summed E-state index contributed by atoms with van der Waals surface area (Å²) < 4.78 is 5.42. The lowest BCUT2D eigenvalue weighted by Gasteiger charge is -2.18. The van der Waals surface area contributed by atoms with E-state index in [4.69, 9.17) is 10.5 Å². The third-order valence-corrected chi connectivity index (χ3v) is 3.60. The van der Waals surface area contributed by atoms with Crippen LogP contribution in [-0.2, 0) is 0 Å². The van der Waals surface area contributed by atoms with Crippen LogP contribution in [0.3, 0.4) is 0 Å². The number of methoxy groups -OCH3 is 1. The van der Waals surface area contributed by atoms with Gasteiger partial charge in [-0.25, -0.2) is 0 Å². The van der Waals surface area contributed by atoms with Crippen LogP contribution in [0.25, 0.3) is 0 Å². The first kappa shape index (κ1) is 12.4. The zero-order valence-corrected chi connectivity index (χ0v) is 11.1. The van der Waals surface area contributed by atoms with Crippen molar-refractivity contribution in [2.75, 3.05) is 7.11 Å². The minimum Gasteiger partial charge on any atom is -0.496 e. The molecule has 2 N–H and O–H groups in total. The lowest BCUT2D eigenvalue weighted by atomic mass is 9.95. The average molecular weight is 233 g/mol. The van der Waals surface area contributed by atoms with Gasteiger partial charge in [0.2, 0.25) is 0 Å². The maximum Gasteiger partial charge on any atom is 0.123 e. The average Bonchev–Trinajstić information content (AvgIpc) is 3.11. The van der Waals surface area contributed by atoms with Gasteiger partial charge >= 0.3 is 0 Å². The molecule has 1 saturated carbocycles. The Morgan fingerprint density at radius 1 is 1.35 bits per heavy atom. The summed E-state index contributed by atoms with van der Waals surface area (Å²) in [5, 5.41) is 0. The molecule has 1 fully saturated rings. The summed E-state index contributed by atoms with van der Waals surface area (Å²) in [5.41, 5.74) is 8.81. The molecule has 2 nitrogen and oxygen atoms in total. The number of ether oxygens (including phenoxy) is 1. The summed E-state index contributed by atoms with van der Waals surface area (Å²) in [6.45, 7) is 4.41. The Bertz CT molecular complexity index is 383. The van der Waals surface area contributed by atoms with Crippen molar-refractivity contribution in [3.05, 3.63) is 29.3 Å². The van der Waals surface area contributed by atoms with E-state index in [0.717, 1.165) is 18.1 Å². The molecule has 17 heavy (non-hydrogen) atoms. The molecule has 2 rings (SSSR count). The molecule has 0 bridgehead atoms. The molecule has 0 saturated heterocycles. The topological polar surface area (TPSA) is 35.2 Å². The molecule has 1 atom stereocenters. The predicted molar refractivity (Wildman–Crippen MR) is 71.4 cm³/mol. The molecule has 0 amide bonds. The molecule has 0 unspecified atom stereocenters. The van der Waals surface area contributed by atoms with Gasteiger partial charge in [0.25, 0.3) is 0 Å². The zero-order chi connectivity index (χ0) is 12.4. The number of benzene rings is 1. The first-order chi connectivity index (χ1) is 8.11. The summed E-state index contributed by atoms with van der Waals surface area (Å²) in [6, 6.07) is 6.53. The van der Waals surface area contributed by atoms with Crippen molar-refractivity contribution in [2.45, 2.75) is 45.1 Å². The highest BCUT2D eigenvalue weighted by Crippen LogP contribution is 2.39. The highest BCUT2D eigenvalue weighted by molar-refractivity contribution is 5.40. The van der Waals surface area contributed by atoms with Crippen LogP contribution >= 0.6 is 0 Å². The normalized spacial score (nSPS) is 17.2. The molecule has 1 aromatic rings. The smallest absolute Gasteiger partial charge is 0.123 e. The number of nitrogens with two attached hydrogens (primary N) is 1. The van der Waals surface area contributed by atoms with Crippen LogP contribution in [0.5, 0.6) is 5.75 Å². The predicted octanol–water partition coefficient (Wildman–Crippen LogP) is 3.62. The van der Waals surface area contributed by atoms with Gasteiger partial charge in [-0.15, -0.1) is 0 Å². The molecular weight excluding hydrogens is 210 g/mol. The van der Waals surface area contributed by atoms with Gasteiger partial charge in [0, 0.05) is 11.6 Å². The van der Waals surface area contributed by atoms with Crippen LogP contribution in [0.15, 0.2) is 18.2 Å². The molecule has 2 heteroatoms. The fourth-order valence-electron chi connectivity index (χ4n) is 2.24. The van der Waals surface area contributed by atoms with Crippen LogP contribution in [0, 0.1) is 5.92 Å². The number of rotatable bonds is 5. The van der Waals surface area contributed by atoms with E-state index in [1.165, 1.54) is 24.0 Å². The summed E-state index contributed by atoms with van der Waals surface area (Å²) in [7, 11) is 1.72. The van der Waals surface area contributed by atoms with Crippen molar-refractivity contribution in [3.8, 4) is 5.75 Å². The van der Waals surface area contributed by atoms with Crippen molar-refractivity contribution in [1.82, 2.24) is 0 Å². The van der Waals surface area contributed by atoms with Crippen molar-refractivity contribution in [1.29, 1.82) is 0 Å². The number of hydrogen-bond donors (Lipinski definition) is 1. The van der Waals surface area contributed by atoms with E-state index >= 15 is 0 Å². The maximum atomic E-state index is 6.30. The molecule has 0 spiro atoms. The van der Waals surface area contributed by atoms with Gasteiger partial charge in [0.1, 0.15) is 5.75 Å². The molecule has 1 aliphatic carbocycles. The quantitative estimate of drug-likeness (QED) is 0.843. The van der Waals surface area contributed by atoms with Gasteiger partial charge in [0.05, 0.1) is 7.11 Å². The van der Waals surface area contributed by atoms with E-state index < -0.39 is 0 Å². The second-order valence-electron chi connectivity index (χ2n) is 5.44. The minimum absolute atomic E-state index is 0.121. The van der Waals surface area contributed by atoms with Crippen molar-refractivity contribution < 1.29 is 4.74 Å². The lowest BCUT2D eigenvalue weighted by Crippen LogP contribution is -2.13. The van der Waals surface area contributed by atoms with E-state index in [1.54, 1.807) is 7.11 Å². The van der Waals surface area contributed by atoms with E-state index in [9.17, 15) is 0 Å². The van der Waals surface area contributed by atoms with Crippen molar-refractivity contribution >= 4 is 0 Å². The Morgan fingerprint density at radius 3 is 2.59 bits per heavy atom. The van der Waals surface area contributed by atoms with Gasteiger partial charge in [-0.1, -0.05) is 38.8 Å². The fraction of sp³-hybridized carbons (Fsp3) is 0.600. The standard InChI is InChI=1S/C15H23NO/c1-10(2)12-6-7-15(17-3)13(9-12)14(16)8-11-4-5-11/h6-7,9-11,14H,4-5,8,16H2,1-3H3/t14-/m0/s1. The van der Waals surface area contributed by atoms with Crippen LogP contribution in [0.2, 0.25) is 0 Å². The molecule has 0 aromatic heterocycles. The van der Waals surface area contributed by atoms with E-state index in [1.807, 2.05) is 0 Å². The van der Waals surface area contributed by atoms with Gasteiger partial charge in [-0.05, 0) is 29.9 Å². The summed E-state index contributed by atoms with van der Waals surface area (Å²) in [6.07, 6.45) is 3.79. The Balaban J connectivity index is 2.23. The molecule has 1 aliphatic rings. The first-order valence-corrected chi connectivity index (χ1v) is 6.55. The molecule has 0 radical (unpaired) electrons.